The lowest BCUT2D eigenvalue weighted by atomic mass is 9.64. The lowest BCUT2D eigenvalue weighted by molar-refractivity contribution is -0.354. The molecule has 0 aromatic heterocycles. The van der Waals surface area contributed by atoms with Gasteiger partial charge in [-0.3, -0.25) is 0 Å². The minimum absolute atomic E-state index is 0.213. The molecule has 0 saturated carbocycles. The SMILES string of the molecule is N#Cc1ccccc1C1(C(F)(C(F)(F)F)C(F)(F)F)C=C(Br)[CH]C(Br)=C1. The van der Waals surface area contributed by atoms with Crippen LogP contribution in [-0.2, 0) is 5.41 Å². The maximum atomic E-state index is 15.2. The lowest BCUT2D eigenvalue weighted by Gasteiger charge is -2.45. The van der Waals surface area contributed by atoms with Gasteiger partial charge in [0, 0.05) is 15.4 Å². The molecule has 0 bridgehead atoms. The first kappa shape index (κ1) is 21.0. The molecule has 139 valence electrons. The largest absolute Gasteiger partial charge is 0.433 e. The van der Waals surface area contributed by atoms with E-state index >= 15 is 4.39 Å². The van der Waals surface area contributed by atoms with Crippen LogP contribution in [0.4, 0.5) is 30.7 Å². The van der Waals surface area contributed by atoms with E-state index in [0.29, 0.717) is 12.2 Å². The molecule has 1 aromatic rings. The van der Waals surface area contributed by atoms with Crippen LogP contribution in [0.5, 0.6) is 0 Å². The summed E-state index contributed by atoms with van der Waals surface area (Å²) in [5, 5.41) is 9.16. The average Bonchev–Trinajstić information content (AvgIpc) is 2.50. The fraction of sp³-hybridized carbons (Fsp3) is 0.250. The van der Waals surface area contributed by atoms with Crippen LogP contribution in [0.2, 0.25) is 0 Å². The van der Waals surface area contributed by atoms with Gasteiger partial charge in [0.25, 0.3) is 0 Å². The van der Waals surface area contributed by atoms with Crippen molar-refractivity contribution in [2.45, 2.75) is 23.4 Å². The summed E-state index contributed by atoms with van der Waals surface area (Å²) >= 11 is 5.65. The van der Waals surface area contributed by atoms with E-state index in [-0.39, 0.29) is 8.96 Å². The summed E-state index contributed by atoms with van der Waals surface area (Å²) in [7, 11) is 0. The molecular weight excluding hydrogens is 499 g/mol. The molecule has 0 N–H and O–H groups in total. The topological polar surface area (TPSA) is 23.8 Å². The number of hydrogen-bond donors (Lipinski definition) is 0. The van der Waals surface area contributed by atoms with Gasteiger partial charge in [0.2, 0.25) is 0 Å². The Balaban J connectivity index is 3.05. The fourth-order valence-corrected chi connectivity index (χ4v) is 4.33. The van der Waals surface area contributed by atoms with Gasteiger partial charge in [-0.15, -0.1) is 0 Å². The summed E-state index contributed by atoms with van der Waals surface area (Å²) in [6.45, 7) is 0. The molecule has 1 radical (unpaired) electrons. The Morgan fingerprint density at radius 1 is 0.846 bits per heavy atom. The molecule has 0 atom stereocenters. The molecule has 0 fully saturated rings. The molecule has 26 heavy (non-hydrogen) atoms. The first-order valence-electron chi connectivity index (χ1n) is 6.73. The van der Waals surface area contributed by atoms with E-state index in [1.54, 1.807) is 0 Å². The second kappa shape index (κ2) is 6.68. The van der Waals surface area contributed by atoms with Crippen LogP contribution in [0.3, 0.4) is 0 Å². The number of allylic oxidation sites excluding steroid dienone is 4. The van der Waals surface area contributed by atoms with E-state index in [9.17, 15) is 26.3 Å². The molecule has 1 aliphatic rings. The third-order valence-electron chi connectivity index (χ3n) is 3.85. The summed E-state index contributed by atoms with van der Waals surface area (Å²) in [5.41, 5.74) is -10.3. The van der Waals surface area contributed by atoms with Crippen molar-refractivity contribution >= 4 is 31.9 Å². The van der Waals surface area contributed by atoms with Gasteiger partial charge in [0.05, 0.1) is 17.0 Å². The molecule has 10 heteroatoms. The summed E-state index contributed by atoms with van der Waals surface area (Å²) < 4.78 is 95.9. The van der Waals surface area contributed by atoms with Crippen molar-refractivity contribution in [3.05, 3.63) is 62.9 Å². The van der Waals surface area contributed by atoms with Crippen LogP contribution in [-0.4, -0.2) is 18.0 Å². The number of hydrogen-bond acceptors (Lipinski definition) is 1. The van der Waals surface area contributed by atoms with E-state index in [4.69, 9.17) is 5.26 Å². The zero-order chi connectivity index (χ0) is 20.0. The van der Waals surface area contributed by atoms with Crippen molar-refractivity contribution in [2.24, 2.45) is 0 Å². The Morgan fingerprint density at radius 3 is 1.73 bits per heavy atom. The van der Waals surface area contributed by atoms with Crippen molar-refractivity contribution in [1.29, 1.82) is 5.26 Å². The van der Waals surface area contributed by atoms with Gasteiger partial charge in [-0.25, -0.2) is 4.39 Å². The average molecular weight is 506 g/mol. The number of halogens is 9. The normalized spacial score (nSPS) is 18.0. The van der Waals surface area contributed by atoms with E-state index in [1.165, 1.54) is 18.6 Å². The minimum Gasteiger partial charge on any atom is -0.222 e. The number of nitriles is 1. The van der Waals surface area contributed by atoms with Crippen molar-refractivity contribution in [3.63, 3.8) is 0 Å². The Labute approximate surface area is 160 Å². The maximum Gasteiger partial charge on any atom is 0.433 e. The molecule has 0 unspecified atom stereocenters. The zero-order valence-corrected chi connectivity index (χ0v) is 15.6. The second-order valence-corrected chi connectivity index (χ2v) is 7.21. The monoisotopic (exact) mass is 504 g/mol. The first-order valence-corrected chi connectivity index (χ1v) is 8.32. The van der Waals surface area contributed by atoms with Crippen LogP contribution in [0.15, 0.2) is 45.4 Å². The zero-order valence-electron chi connectivity index (χ0n) is 12.4. The Hall–Kier alpha value is -1.34. The standard InChI is InChI=1S/C16H7Br2F7N/c17-10-5-11(18)7-13(6-10,12-4-2-1-3-9(12)8-26)14(19,15(20,21)22)16(23,24)25/h1-7H. The lowest BCUT2D eigenvalue weighted by Crippen LogP contribution is -2.65. The third kappa shape index (κ3) is 3.09. The van der Waals surface area contributed by atoms with Crippen molar-refractivity contribution in [3.8, 4) is 6.07 Å². The summed E-state index contributed by atoms with van der Waals surface area (Å²) in [5.74, 6) is 0. The predicted octanol–water partition coefficient (Wildman–Crippen LogP) is 6.40. The molecule has 1 aliphatic carbocycles. The fourth-order valence-electron chi connectivity index (χ4n) is 2.80. The quantitative estimate of drug-likeness (QED) is 0.426. The number of alkyl halides is 7. The smallest absolute Gasteiger partial charge is 0.222 e. The molecular formula is C16H7Br2F7N. The molecule has 0 aliphatic heterocycles. The molecule has 0 saturated heterocycles. The molecule has 2 rings (SSSR count). The number of rotatable bonds is 2. The van der Waals surface area contributed by atoms with Crippen LogP contribution in [0.25, 0.3) is 0 Å². The van der Waals surface area contributed by atoms with Crippen LogP contribution < -0.4 is 0 Å². The summed E-state index contributed by atoms with van der Waals surface area (Å²) in [6, 6.07) is 5.79. The van der Waals surface area contributed by atoms with Crippen LogP contribution in [0, 0.1) is 17.8 Å². The van der Waals surface area contributed by atoms with Gasteiger partial charge in [0.1, 0.15) is 0 Å². The minimum atomic E-state index is -6.32. The predicted molar refractivity (Wildman–Crippen MR) is 87.1 cm³/mol. The Morgan fingerprint density at radius 2 is 1.31 bits per heavy atom. The summed E-state index contributed by atoms with van der Waals surface area (Å²) in [6.07, 6.45) is -10.5. The molecule has 1 nitrogen and oxygen atoms in total. The first-order chi connectivity index (χ1) is 11.8. The Kier molecular flexibility index (Phi) is 5.38. The molecule has 1 aromatic carbocycles. The van der Waals surface area contributed by atoms with Crippen molar-refractivity contribution < 1.29 is 30.7 Å². The Bertz CT molecular complexity index is 783. The van der Waals surface area contributed by atoms with Crippen molar-refractivity contribution in [1.82, 2.24) is 0 Å². The van der Waals surface area contributed by atoms with Gasteiger partial charge in [-0.05, 0) is 11.6 Å². The highest BCUT2D eigenvalue weighted by Crippen LogP contribution is 2.60. The van der Waals surface area contributed by atoms with Crippen LogP contribution in [0.1, 0.15) is 11.1 Å². The highest BCUT2D eigenvalue weighted by Gasteiger charge is 2.81. The highest BCUT2D eigenvalue weighted by atomic mass is 79.9. The van der Waals surface area contributed by atoms with Crippen LogP contribution >= 0.6 is 31.9 Å². The van der Waals surface area contributed by atoms with E-state index in [1.807, 2.05) is 0 Å². The van der Waals surface area contributed by atoms with Gasteiger partial charge in [-0.1, -0.05) is 62.2 Å². The van der Waals surface area contributed by atoms with Crippen molar-refractivity contribution in [2.75, 3.05) is 0 Å². The van der Waals surface area contributed by atoms with E-state index in [2.05, 4.69) is 31.9 Å². The summed E-state index contributed by atoms with van der Waals surface area (Å²) in [4.78, 5) is 0. The van der Waals surface area contributed by atoms with Gasteiger partial charge in [-0.2, -0.15) is 31.6 Å². The molecule has 0 heterocycles. The molecule has 0 amide bonds. The molecule has 0 spiro atoms. The van der Waals surface area contributed by atoms with E-state index < -0.39 is 34.6 Å². The second-order valence-electron chi connectivity index (χ2n) is 5.38. The number of nitrogens with zero attached hydrogens (tertiary/aromatic N) is 1. The van der Waals surface area contributed by atoms with Gasteiger partial charge >= 0.3 is 18.0 Å². The maximum absolute atomic E-state index is 15.2. The van der Waals surface area contributed by atoms with Gasteiger partial charge < -0.3 is 0 Å². The highest BCUT2D eigenvalue weighted by molar-refractivity contribution is 9.12. The number of benzene rings is 1. The third-order valence-corrected chi connectivity index (χ3v) is 4.77. The van der Waals surface area contributed by atoms with E-state index in [0.717, 1.165) is 18.2 Å². The van der Waals surface area contributed by atoms with Gasteiger partial charge in [0.15, 0.2) is 0 Å².